The van der Waals surface area contributed by atoms with Gasteiger partial charge in [0.1, 0.15) is 0 Å². The Balaban J connectivity index is 1.60. The van der Waals surface area contributed by atoms with E-state index in [1.165, 1.54) is 22.4 Å². The maximum absolute atomic E-state index is 4.93. The number of alkyl halides is 2. The van der Waals surface area contributed by atoms with Crippen molar-refractivity contribution in [3.8, 4) is 11.4 Å². The molecule has 1 fully saturated rings. The van der Waals surface area contributed by atoms with Crippen molar-refractivity contribution in [1.29, 1.82) is 0 Å². The van der Waals surface area contributed by atoms with Gasteiger partial charge in [0, 0.05) is 59.4 Å². The molecule has 1 aliphatic rings. The van der Waals surface area contributed by atoms with Crippen LogP contribution in [0.4, 0.5) is 17.6 Å². The summed E-state index contributed by atoms with van der Waals surface area (Å²) in [6.45, 7) is 11.8. The van der Waals surface area contributed by atoms with E-state index in [4.69, 9.17) is 15.0 Å². The molecule has 1 saturated heterocycles. The predicted molar refractivity (Wildman–Crippen MR) is 160 cm³/mol. The summed E-state index contributed by atoms with van der Waals surface area (Å²) in [6.07, 6.45) is 0. The van der Waals surface area contributed by atoms with Gasteiger partial charge in [-0.15, -0.1) is 0 Å². The Morgan fingerprint density at radius 1 is 0.824 bits per heavy atom. The van der Waals surface area contributed by atoms with Crippen molar-refractivity contribution < 1.29 is 0 Å². The minimum Gasteiger partial charge on any atom is -0.368 e. The van der Waals surface area contributed by atoms with Crippen LogP contribution in [-0.4, -0.2) is 54.2 Å². The number of benzene rings is 2. The summed E-state index contributed by atoms with van der Waals surface area (Å²) >= 11 is 4.91. The van der Waals surface area contributed by atoms with E-state index in [1.54, 1.807) is 0 Å². The minimum atomic E-state index is 0.750. The highest BCUT2D eigenvalue weighted by Crippen LogP contribution is 2.26. The summed E-state index contributed by atoms with van der Waals surface area (Å²) in [7, 11) is 0. The van der Waals surface area contributed by atoms with Crippen LogP contribution in [0.5, 0.6) is 0 Å². The molecule has 4 rings (SSSR count). The first-order chi connectivity index (χ1) is 16.5. The van der Waals surface area contributed by atoms with Gasteiger partial charge in [0.2, 0.25) is 11.9 Å². The molecule has 1 aliphatic heterocycles. The molecule has 0 bridgehead atoms. The van der Waals surface area contributed by atoms with E-state index in [0.29, 0.717) is 0 Å². The lowest BCUT2D eigenvalue weighted by Crippen LogP contribution is -2.47. The average molecular weight is 682 g/mol. The molecule has 1 aromatic heterocycles. The van der Waals surface area contributed by atoms with Crippen molar-refractivity contribution in [2.45, 2.75) is 29.6 Å². The van der Waals surface area contributed by atoms with Crippen molar-refractivity contribution in [3.63, 3.8) is 0 Å². The molecular weight excluding hydrogens is 650 g/mol. The Kier molecular flexibility index (Phi) is 8.84. The van der Waals surface area contributed by atoms with E-state index in [2.05, 4.69) is 123 Å². The third kappa shape index (κ3) is 5.92. The number of halogens is 2. The highest BCUT2D eigenvalue weighted by atomic mass is 127. The van der Waals surface area contributed by atoms with Crippen molar-refractivity contribution in [2.75, 3.05) is 54.0 Å². The quantitative estimate of drug-likeness (QED) is 0.218. The smallest absolute Gasteiger partial charge is 0.230 e. The fourth-order valence-corrected chi connectivity index (χ4v) is 5.18. The van der Waals surface area contributed by atoms with Crippen LogP contribution in [0.3, 0.4) is 0 Å². The number of hydrogen-bond donors (Lipinski definition) is 0. The number of piperazine rings is 1. The van der Waals surface area contributed by atoms with Crippen LogP contribution >= 0.6 is 45.2 Å². The number of anilines is 3. The first kappa shape index (κ1) is 25.4. The molecule has 0 aliphatic carbocycles. The summed E-state index contributed by atoms with van der Waals surface area (Å²) in [4.78, 5) is 21.7. The third-order valence-electron chi connectivity index (χ3n) is 6.21. The number of hydrogen-bond acceptors (Lipinski definition) is 6. The molecule has 0 atom stereocenters. The third-order valence-corrected chi connectivity index (χ3v) is 7.97. The Labute approximate surface area is 230 Å². The lowest BCUT2D eigenvalue weighted by Gasteiger charge is -2.36. The molecule has 2 aromatic carbocycles. The molecule has 0 saturated carbocycles. The molecule has 34 heavy (non-hydrogen) atoms. The second-order valence-corrected chi connectivity index (χ2v) is 10.1. The van der Waals surface area contributed by atoms with Crippen LogP contribution in [0.1, 0.15) is 30.5 Å². The fraction of sp³-hybridized carbons (Fsp3) is 0.423. The van der Waals surface area contributed by atoms with Gasteiger partial charge in [-0.1, -0.05) is 75.0 Å². The predicted octanol–water partition coefficient (Wildman–Crippen LogP) is 5.89. The van der Waals surface area contributed by atoms with E-state index in [1.807, 2.05) is 0 Å². The highest BCUT2D eigenvalue weighted by Gasteiger charge is 2.22. The molecule has 180 valence electrons. The van der Waals surface area contributed by atoms with Gasteiger partial charge < -0.3 is 14.7 Å². The van der Waals surface area contributed by atoms with Crippen LogP contribution in [0.25, 0.3) is 11.4 Å². The van der Waals surface area contributed by atoms with Gasteiger partial charge >= 0.3 is 0 Å². The normalized spacial score (nSPS) is 13.9. The summed E-state index contributed by atoms with van der Waals surface area (Å²) < 4.78 is 2.08. The SMILES string of the molecule is CCN(CC)c1nc(-c2cccc(C)c2)nc(N2CCN(c3cc(CI)cc(CI)c3)CC2)n1. The van der Waals surface area contributed by atoms with Crippen LogP contribution in [0.15, 0.2) is 42.5 Å². The van der Waals surface area contributed by atoms with Crippen LogP contribution in [0.2, 0.25) is 0 Å². The zero-order valence-corrected chi connectivity index (χ0v) is 24.5. The molecule has 0 radical (unpaired) electrons. The molecule has 0 N–H and O–H groups in total. The molecule has 3 aromatic rings. The van der Waals surface area contributed by atoms with E-state index >= 15 is 0 Å². The molecule has 0 unspecified atom stereocenters. The monoisotopic (exact) mass is 682 g/mol. The van der Waals surface area contributed by atoms with Gasteiger partial charge in [-0.3, -0.25) is 0 Å². The van der Waals surface area contributed by atoms with E-state index < -0.39 is 0 Å². The lowest BCUT2D eigenvalue weighted by atomic mass is 10.1. The Hall–Kier alpha value is -1.69. The number of aromatic nitrogens is 3. The van der Waals surface area contributed by atoms with Gasteiger partial charge in [-0.05, 0) is 50.1 Å². The average Bonchev–Trinajstić information content (AvgIpc) is 2.89. The molecular formula is C26H32I2N6. The van der Waals surface area contributed by atoms with Crippen molar-refractivity contribution in [2.24, 2.45) is 0 Å². The lowest BCUT2D eigenvalue weighted by molar-refractivity contribution is 0.637. The van der Waals surface area contributed by atoms with Gasteiger partial charge in [-0.2, -0.15) is 15.0 Å². The Bertz CT molecular complexity index is 1090. The van der Waals surface area contributed by atoms with Gasteiger partial charge in [0.15, 0.2) is 5.82 Å². The Morgan fingerprint density at radius 3 is 2.06 bits per heavy atom. The number of rotatable bonds is 8. The molecule has 6 nitrogen and oxygen atoms in total. The second-order valence-electron chi connectivity index (χ2n) is 8.55. The number of nitrogens with zero attached hydrogens (tertiary/aromatic N) is 6. The summed E-state index contributed by atoms with van der Waals surface area (Å²) in [6, 6.07) is 15.4. The molecule has 8 heteroatoms. The number of aryl methyl sites for hydroxylation is 1. The zero-order valence-electron chi connectivity index (χ0n) is 20.1. The van der Waals surface area contributed by atoms with E-state index in [-0.39, 0.29) is 0 Å². The van der Waals surface area contributed by atoms with Crippen molar-refractivity contribution in [3.05, 3.63) is 59.2 Å². The second kappa shape index (κ2) is 11.8. The maximum Gasteiger partial charge on any atom is 0.230 e. The van der Waals surface area contributed by atoms with Crippen LogP contribution < -0.4 is 14.7 Å². The van der Waals surface area contributed by atoms with Crippen molar-refractivity contribution >= 4 is 62.8 Å². The topological polar surface area (TPSA) is 48.4 Å². The summed E-state index contributed by atoms with van der Waals surface area (Å²) in [5.41, 5.74) is 6.38. The molecule has 2 heterocycles. The van der Waals surface area contributed by atoms with Crippen LogP contribution in [0, 0.1) is 6.92 Å². The van der Waals surface area contributed by atoms with Crippen LogP contribution in [-0.2, 0) is 8.86 Å². The largest absolute Gasteiger partial charge is 0.368 e. The Morgan fingerprint density at radius 2 is 1.47 bits per heavy atom. The summed E-state index contributed by atoms with van der Waals surface area (Å²) in [5.74, 6) is 2.29. The highest BCUT2D eigenvalue weighted by molar-refractivity contribution is 14.1. The first-order valence-corrected chi connectivity index (χ1v) is 14.9. The van der Waals surface area contributed by atoms with Gasteiger partial charge in [-0.25, -0.2) is 0 Å². The minimum absolute atomic E-state index is 0.750. The van der Waals surface area contributed by atoms with E-state index in [9.17, 15) is 0 Å². The summed E-state index contributed by atoms with van der Waals surface area (Å²) in [5, 5.41) is 0. The maximum atomic E-state index is 4.93. The molecule has 0 spiro atoms. The van der Waals surface area contributed by atoms with Crippen molar-refractivity contribution in [1.82, 2.24) is 15.0 Å². The first-order valence-electron chi connectivity index (χ1n) is 11.9. The molecule has 0 amide bonds. The fourth-order valence-electron chi connectivity index (χ4n) is 4.30. The van der Waals surface area contributed by atoms with E-state index in [0.717, 1.165) is 71.4 Å². The zero-order chi connectivity index (χ0) is 24.1. The van der Waals surface area contributed by atoms with Gasteiger partial charge in [0.05, 0.1) is 0 Å². The van der Waals surface area contributed by atoms with Gasteiger partial charge in [0.25, 0.3) is 0 Å². The standard InChI is InChI=1S/C26H32I2N6/c1-4-32(5-2)25-29-24(22-8-6-7-19(3)13-22)30-26(31-25)34-11-9-33(10-12-34)23-15-20(17-27)14-21(16-23)18-28/h6-8,13-16H,4-5,9-12,17-18H2,1-3H3.